The van der Waals surface area contributed by atoms with Crippen molar-refractivity contribution in [3.8, 4) is 0 Å². The van der Waals surface area contributed by atoms with Gasteiger partial charge in [-0.15, -0.1) is 0 Å². The van der Waals surface area contributed by atoms with Gasteiger partial charge in [0.15, 0.2) is 0 Å². The minimum absolute atomic E-state index is 0.215. The molecule has 0 aromatic rings. The molecular weight excluding hydrogens is 390 g/mol. The lowest BCUT2D eigenvalue weighted by Crippen LogP contribution is -2.22. The molecule has 0 spiro atoms. The van der Waals surface area contributed by atoms with E-state index in [1.165, 1.54) is 69.7 Å². The van der Waals surface area contributed by atoms with E-state index in [1.54, 1.807) is 5.57 Å². The van der Waals surface area contributed by atoms with Crippen LogP contribution in [0.15, 0.2) is 23.8 Å². The highest BCUT2D eigenvalue weighted by molar-refractivity contribution is 7.99. The van der Waals surface area contributed by atoms with Gasteiger partial charge in [-0.2, -0.15) is 11.8 Å². The number of rotatable bonds is 13. The van der Waals surface area contributed by atoms with Gasteiger partial charge in [-0.3, -0.25) is 0 Å². The standard InChI is InChI=1S/C26H45NO2S/c1-3-4-7-20(2)16-23(28)8-9-24-25-18-21(17-22(25)19-26(24)29)10-14-30-15-13-27-11-5-6-12-27/h8-9,17,20,22-26,28-29H,3-7,10-16,18-19H2,1-2H3/t20-,22-,23+,24+,25-,26+/m0/s1. The van der Waals surface area contributed by atoms with Crippen LogP contribution < -0.4 is 0 Å². The number of hydrogen-bond donors (Lipinski definition) is 2. The number of aliphatic hydroxyl groups is 2. The van der Waals surface area contributed by atoms with Crippen LogP contribution in [0.2, 0.25) is 0 Å². The second kappa shape index (κ2) is 12.7. The van der Waals surface area contributed by atoms with Crippen LogP contribution in [-0.2, 0) is 0 Å². The third kappa shape index (κ3) is 7.39. The van der Waals surface area contributed by atoms with Crippen molar-refractivity contribution in [1.29, 1.82) is 0 Å². The predicted molar refractivity (Wildman–Crippen MR) is 130 cm³/mol. The Morgan fingerprint density at radius 3 is 2.83 bits per heavy atom. The maximum Gasteiger partial charge on any atom is 0.0723 e. The number of fused-ring (bicyclic) bond motifs is 1. The zero-order valence-electron chi connectivity index (χ0n) is 19.3. The van der Waals surface area contributed by atoms with Crippen molar-refractivity contribution in [2.75, 3.05) is 31.1 Å². The van der Waals surface area contributed by atoms with Crippen LogP contribution in [0.5, 0.6) is 0 Å². The van der Waals surface area contributed by atoms with Gasteiger partial charge in [-0.05, 0) is 75.1 Å². The van der Waals surface area contributed by atoms with E-state index in [2.05, 4.69) is 42.7 Å². The Morgan fingerprint density at radius 1 is 1.27 bits per heavy atom. The van der Waals surface area contributed by atoms with Gasteiger partial charge in [-0.1, -0.05) is 56.9 Å². The molecule has 3 rings (SSSR count). The number of hydrogen-bond acceptors (Lipinski definition) is 4. The number of likely N-dealkylation sites (tertiary alicyclic amines) is 1. The molecule has 0 amide bonds. The number of allylic oxidation sites excluding steroid dienone is 2. The van der Waals surface area contributed by atoms with Gasteiger partial charge < -0.3 is 15.1 Å². The molecule has 2 aliphatic carbocycles. The van der Waals surface area contributed by atoms with Crippen molar-refractivity contribution in [3.63, 3.8) is 0 Å². The first-order chi connectivity index (χ1) is 14.6. The molecule has 3 nitrogen and oxygen atoms in total. The highest BCUT2D eigenvalue weighted by atomic mass is 32.2. The van der Waals surface area contributed by atoms with Crippen LogP contribution in [0.3, 0.4) is 0 Å². The molecule has 1 saturated carbocycles. The van der Waals surface area contributed by atoms with Crippen LogP contribution in [-0.4, -0.2) is 58.5 Å². The maximum atomic E-state index is 10.6. The Morgan fingerprint density at radius 2 is 2.07 bits per heavy atom. The maximum absolute atomic E-state index is 10.6. The van der Waals surface area contributed by atoms with E-state index in [0.29, 0.717) is 17.8 Å². The first-order valence-electron chi connectivity index (χ1n) is 12.6. The molecule has 1 saturated heterocycles. The van der Waals surface area contributed by atoms with Gasteiger partial charge in [0, 0.05) is 18.2 Å². The molecule has 2 fully saturated rings. The number of aliphatic hydroxyl groups excluding tert-OH is 2. The number of thioether (sulfide) groups is 1. The topological polar surface area (TPSA) is 43.7 Å². The van der Waals surface area contributed by atoms with Crippen LogP contribution in [0, 0.1) is 23.7 Å². The molecular formula is C26H45NO2S. The van der Waals surface area contributed by atoms with Crippen LogP contribution in [0.25, 0.3) is 0 Å². The Labute approximate surface area is 189 Å². The van der Waals surface area contributed by atoms with Crippen LogP contribution in [0.1, 0.15) is 71.6 Å². The summed E-state index contributed by atoms with van der Waals surface area (Å²) in [5.74, 6) is 4.36. The smallest absolute Gasteiger partial charge is 0.0723 e. The van der Waals surface area contributed by atoms with E-state index >= 15 is 0 Å². The molecule has 0 aromatic carbocycles. The molecule has 4 heteroatoms. The summed E-state index contributed by atoms with van der Waals surface area (Å²) in [6.45, 7) is 8.33. The lowest BCUT2D eigenvalue weighted by Gasteiger charge is -2.19. The fraction of sp³-hybridized carbons (Fsp3) is 0.846. The minimum Gasteiger partial charge on any atom is -0.392 e. The van der Waals surface area contributed by atoms with Crippen molar-refractivity contribution in [3.05, 3.63) is 23.8 Å². The third-order valence-electron chi connectivity index (χ3n) is 7.52. The molecule has 1 aliphatic heterocycles. The van der Waals surface area contributed by atoms with Crippen molar-refractivity contribution < 1.29 is 10.2 Å². The van der Waals surface area contributed by atoms with Gasteiger partial charge in [0.2, 0.25) is 0 Å². The molecule has 0 unspecified atom stereocenters. The predicted octanol–water partition coefficient (Wildman–Crippen LogP) is 5.28. The summed E-state index contributed by atoms with van der Waals surface area (Å²) in [5, 5.41) is 21.0. The lowest BCUT2D eigenvalue weighted by atomic mass is 9.88. The van der Waals surface area contributed by atoms with Gasteiger partial charge in [0.1, 0.15) is 0 Å². The third-order valence-corrected chi connectivity index (χ3v) is 8.48. The normalized spacial score (nSPS) is 31.4. The zero-order valence-corrected chi connectivity index (χ0v) is 20.2. The summed E-state index contributed by atoms with van der Waals surface area (Å²) < 4.78 is 0. The molecule has 0 aromatic heterocycles. The van der Waals surface area contributed by atoms with E-state index in [0.717, 1.165) is 19.3 Å². The number of nitrogens with zero attached hydrogens (tertiary/aromatic N) is 1. The van der Waals surface area contributed by atoms with E-state index in [4.69, 9.17) is 0 Å². The quantitative estimate of drug-likeness (QED) is 0.305. The summed E-state index contributed by atoms with van der Waals surface area (Å²) >= 11 is 2.10. The Hall–Kier alpha value is -0.290. The second-order valence-electron chi connectivity index (χ2n) is 10.1. The average Bonchev–Trinajstić information content (AvgIpc) is 3.42. The van der Waals surface area contributed by atoms with Crippen LogP contribution in [0.4, 0.5) is 0 Å². The fourth-order valence-corrected chi connectivity index (χ4v) is 6.71. The lowest BCUT2D eigenvalue weighted by molar-refractivity contribution is 0.139. The molecule has 2 N–H and O–H groups in total. The van der Waals surface area contributed by atoms with Gasteiger partial charge in [-0.25, -0.2) is 0 Å². The summed E-state index contributed by atoms with van der Waals surface area (Å²) in [6, 6.07) is 0. The monoisotopic (exact) mass is 435 g/mol. The minimum atomic E-state index is -0.371. The van der Waals surface area contributed by atoms with Crippen molar-refractivity contribution in [2.24, 2.45) is 23.7 Å². The largest absolute Gasteiger partial charge is 0.392 e. The molecule has 3 aliphatic rings. The highest BCUT2D eigenvalue weighted by Crippen LogP contribution is 2.48. The van der Waals surface area contributed by atoms with Crippen LogP contribution >= 0.6 is 11.8 Å². The van der Waals surface area contributed by atoms with E-state index in [-0.39, 0.29) is 18.1 Å². The summed E-state index contributed by atoms with van der Waals surface area (Å²) in [5.41, 5.74) is 1.61. The highest BCUT2D eigenvalue weighted by Gasteiger charge is 2.43. The van der Waals surface area contributed by atoms with Crippen molar-refractivity contribution in [2.45, 2.75) is 83.8 Å². The van der Waals surface area contributed by atoms with Crippen molar-refractivity contribution in [1.82, 2.24) is 4.90 Å². The average molecular weight is 436 g/mol. The summed E-state index contributed by atoms with van der Waals surface area (Å²) in [7, 11) is 0. The Balaban J connectivity index is 1.36. The van der Waals surface area contributed by atoms with E-state index in [1.807, 2.05) is 6.08 Å². The Bertz CT molecular complexity index is 557. The van der Waals surface area contributed by atoms with Crippen molar-refractivity contribution >= 4 is 11.8 Å². The second-order valence-corrected chi connectivity index (χ2v) is 11.3. The van der Waals surface area contributed by atoms with Gasteiger partial charge in [0.05, 0.1) is 12.2 Å². The summed E-state index contributed by atoms with van der Waals surface area (Å²) in [4.78, 5) is 2.60. The first-order valence-corrected chi connectivity index (χ1v) is 13.8. The molecule has 30 heavy (non-hydrogen) atoms. The van der Waals surface area contributed by atoms with E-state index < -0.39 is 0 Å². The van der Waals surface area contributed by atoms with Gasteiger partial charge in [0.25, 0.3) is 0 Å². The first kappa shape index (κ1) is 24.4. The van der Waals surface area contributed by atoms with E-state index in [9.17, 15) is 10.2 Å². The summed E-state index contributed by atoms with van der Waals surface area (Å²) in [6.07, 6.45) is 16.5. The molecule has 0 bridgehead atoms. The fourth-order valence-electron chi connectivity index (χ4n) is 5.71. The molecule has 6 atom stereocenters. The van der Waals surface area contributed by atoms with Gasteiger partial charge >= 0.3 is 0 Å². The SMILES string of the molecule is CCCC[C@H](C)C[C@H](O)C=C[C@@H]1[C@H]2CC(CCSCCN3CCCC3)=C[C@H]2C[C@H]1O. The molecule has 0 radical (unpaired) electrons. The number of unbranched alkanes of at least 4 members (excludes halogenated alkanes) is 1. The molecule has 172 valence electrons. The Kier molecular flexibility index (Phi) is 10.3. The molecule has 1 heterocycles. The zero-order chi connectivity index (χ0) is 21.3.